The summed E-state index contributed by atoms with van der Waals surface area (Å²) in [5.74, 6) is 0.519. The van der Waals surface area contributed by atoms with Gasteiger partial charge in [0.2, 0.25) is 0 Å². The van der Waals surface area contributed by atoms with E-state index in [2.05, 4.69) is 0 Å². The number of aliphatic hydroxyl groups excluding tert-OH is 2. The second-order valence-corrected chi connectivity index (χ2v) is 1.66. The van der Waals surface area contributed by atoms with Crippen LogP contribution in [-0.2, 0) is 0 Å². The first kappa shape index (κ1) is 5.22. The van der Waals surface area contributed by atoms with E-state index < -0.39 is 0 Å². The highest BCUT2D eigenvalue weighted by molar-refractivity contribution is 5.22. The predicted octanol–water partition coefficient (Wildman–Crippen LogP) is 1.48. The molecule has 0 spiro atoms. The summed E-state index contributed by atoms with van der Waals surface area (Å²) in [6.45, 7) is 0. The lowest BCUT2D eigenvalue weighted by Gasteiger charge is -2.02. The first-order chi connectivity index (χ1) is 3.79. The number of allylic oxidation sites excluding steroid dienone is 4. The van der Waals surface area contributed by atoms with E-state index >= 15 is 0 Å². The monoisotopic (exact) mass is 111 g/mol. The van der Waals surface area contributed by atoms with Crippen molar-refractivity contribution in [1.82, 2.24) is 0 Å². The Balaban J connectivity index is 2.65. The summed E-state index contributed by atoms with van der Waals surface area (Å²) >= 11 is 0. The van der Waals surface area contributed by atoms with Crippen LogP contribution in [0.4, 0.5) is 0 Å². The van der Waals surface area contributed by atoms with Crippen LogP contribution in [0.15, 0.2) is 23.7 Å². The van der Waals surface area contributed by atoms with Crippen LogP contribution in [-0.4, -0.2) is 10.2 Å². The second-order valence-electron chi connectivity index (χ2n) is 1.66. The quantitative estimate of drug-likeness (QED) is 0.497. The molecule has 0 saturated carbocycles. The van der Waals surface area contributed by atoms with E-state index in [1.165, 1.54) is 12.2 Å². The summed E-state index contributed by atoms with van der Waals surface area (Å²) in [7, 11) is 0. The van der Waals surface area contributed by atoms with Crippen LogP contribution in [0.2, 0.25) is 0 Å². The summed E-state index contributed by atoms with van der Waals surface area (Å²) in [5, 5.41) is 17.4. The Morgan fingerprint density at radius 2 is 2.00 bits per heavy atom. The fourth-order valence-corrected chi connectivity index (χ4v) is 0.527. The molecule has 0 bridgehead atoms. The smallest absolute Gasteiger partial charge is 0.0966 e. The summed E-state index contributed by atoms with van der Waals surface area (Å²) in [6.07, 6.45) is 4.94. The zero-order valence-corrected chi connectivity index (χ0v) is 4.33. The minimum atomic E-state index is 0.225. The number of aliphatic hydroxyl groups is 2. The van der Waals surface area contributed by atoms with Crippen LogP contribution in [0.1, 0.15) is 6.42 Å². The van der Waals surface area contributed by atoms with E-state index in [0.717, 1.165) is 0 Å². The molecule has 2 nitrogen and oxygen atoms in total. The number of hydrogen-bond donors (Lipinski definition) is 2. The molecule has 0 atom stereocenters. The van der Waals surface area contributed by atoms with Crippen LogP contribution in [0.3, 0.4) is 0 Å². The Labute approximate surface area is 47.8 Å². The lowest BCUT2D eigenvalue weighted by molar-refractivity contribution is 0.372. The third-order valence-corrected chi connectivity index (χ3v) is 0.967. The summed E-state index contributed by atoms with van der Waals surface area (Å²) < 4.78 is 0. The van der Waals surface area contributed by atoms with Gasteiger partial charge in [-0.25, -0.2) is 0 Å². The van der Waals surface area contributed by atoms with Crippen molar-refractivity contribution in [1.29, 1.82) is 0 Å². The van der Waals surface area contributed by atoms with Gasteiger partial charge in [0.05, 0.1) is 11.5 Å². The van der Waals surface area contributed by atoms with Gasteiger partial charge in [-0.15, -0.1) is 0 Å². The first-order valence-electron chi connectivity index (χ1n) is 2.41. The zero-order chi connectivity index (χ0) is 5.98. The van der Waals surface area contributed by atoms with Gasteiger partial charge in [0.25, 0.3) is 0 Å². The Hall–Kier alpha value is -0.920. The Bertz CT molecular complexity index is 127. The average Bonchev–Trinajstić information content (AvgIpc) is 1.77. The second kappa shape index (κ2) is 1.90. The average molecular weight is 111 g/mol. The van der Waals surface area contributed by atoms with Gasteiger partial charge in [-0.05, 0) is 12.2 Å². The molecule has 0 unspecified atom stereocenters. The SMILES string of the molecule is OC1=CC=C(O)C[CH]1. The third-order valence-electron chi connectivity index (χ3n) is 0.967. The molecule has 0 aromatic rings. The van der Waals surface area contributed by atoms with Gasteiger partial charge in [-0.2, -0.15) is 0 Å². The van der Waals surface area contributed by atoms with E-state index in [0.29, 0.717) is 12.2 Å². The molecule has 8 heavy (non-hydrogen) atoms. The number of hydrogen-bond acceptors (Lipinski definition) is 2. The fourth-order valence-electron chi connectivity index (χ4n) is 0.527. The van der Waals surface area contributed by atoms with E-state index in [1.54, 1.807) is 6.42 Å². The van der Waals surface area contributed by atoms with Gasteiger partial charge >= 0.3 is 0 Å². The topological polar surface area (TPSA) is 40.5 Å². The van der Waals surface area contributed by atoms with Crippen LogP contribution < -0.4 is 0 Å². The maximum absolute atomic E-state index is 8.70. The molecule has 0 aromatic heterocycles. The Kier molecular flexibility index (Phi) is 1.24. The molecule has 1 rings (SSSR count). The highest BCUT2D eigenvalue weighted by Crippen LogP contribution is 2.11. The van der Waals surface area contributed by atoms with Crippen molar-refractivity contribution in [2.24, 2.45) is 0 Å². The van der Waals surface area contributed by atoms with Crippen molar-refractivity contribution in [3.63, 3.8) is 0 Å². The van der Waals surface area contributed by atoms with Crippen molar-refractivity contribution < 1.29 is 10.2 Å². The molecule has 2 N–H and O–H groups in total. The molecular formula is C6H7O2. The van der Waals surface area contributed by atoms with Crippen molar-refractivity contribution in [3.05, 3.63) is 30.1 Å². The van der Waals surface area contributed by atoms with Crippen molar-refractivity contribution >= 4 is 0 Å². The molecule has 0 aliphatic heterocycles. The molecule has 0 fully saturated rings. The van der Waals surface area contributed by atoms with Crippen molar-refractivity contribution in [2.45, 2.75) is 6.42 Å². The molecule has 1 radical (unpaired) electrons. The van der Waals surface area contributed by atoms with Gasteiger partial charge in [0.15, 0.2) is 0 Å². The van der Waals surface area contributed by atoms with E-state index in [9.17, 15) is 0 Å². The Morgan fingerprint density at radius 1 is 1.25 bits per heavy atom. The molecule has 0 aromatic carbocycles. The highest BCUT2D eigenvalue weighted by Gasteiger charge is 2.01. The van der Waals surface area contributed by atoms with Crippen LogP contribution >= 0.6 is 0 Å². The maximum Gasteiger partial charge on any atom is 0.0966 e. The molecule has 0 amide bonds. The number of rotatable bonds is 0. The van der Waals surface area contributed by atoms with Gasteiger partial charge in [0, 0.05) is 12.8 Å². The summed E-state index contributed by atoms with van der Waals surface area (Å²) in [5.41, 5.74) is 0. The molecule has 2 heteroatoms. The minimum absolute atomic E-state index is 0.225. The van der Waals surface area contributed by atoms with Crippen molar-refractivity contribution in [3.8, 4) is 0 Å². The first-order valence-corrected chi connectivity index (χ1v) is 2.41. The highest BCUT2D eigenvalue weighted by atomic mass is 16.3. The predicted molar refractivity (Wildman–Crippen MR) is 30.3 cm³/mol. The standard InChI is InChI=1S/C6H7O2/c7-5-1-2-6(8)4-3-5/h1-3,7-8H,4H2. The van der Waals surface area contributed by atoms with E-state index in [4.69, 9.17) is 10.2 Å². The van der Waals surface area contributed by atoms with Crippen LogP contribution in [0.25, 0.3) is 0 Å². The minimum Gasteiger partial charge on any atom is -0.512 e. The molecular weight excluding hydrogens is 104 g/mol. The summed E-state index contributed by atoms with van der Waals surface area (Å²) in [4.78, 5) is 0. The molecule has 43 valence electrons. The fraction of sp³-hybridized carbons (Fsp3) is 0.167. The third kappa shape index (κ3) is 1.03. The van der Waals surface area contributed by atoms with Gasteiger partial charge in [-0.3, -0.25) is 0 Å². The lowest BCUT2D eigenvalue weighted by atomic mass is 10.1. The van der Waals surface area contributed by atoms with Crippen LogP contribution in [0.5, 0.6) is 0 Å². The van der Waals surface area contributed by atoms with E-state index in [1.807, 2.05) is 0 Å². The molecule has 0 heterocycles. The van der Waals surface area contributed by atoms with Crippen molar-refractivity contribution in [2.75, 3.05) is 0 Å². The lowest BCUT2D eigenvalue weighted by Crippen LogP contribution is -1.91. The Morgan fingerprint density at radius 3 is 2.38 bits per heavy atom. The maximum atomic E-state index is 8.70. The van der Waals surface area contributed by atoms with E-state index in [-0.39, 0.29) is 5.76 Å². The largest absolute Gasteiger partial charge is 0.512 e. The van der Waals surface area contributed by atoms with Crippen LogP contribution in [0, 0.1) is 6.42 Å². The molecule has 1 aliphatic carbocycles. The zero-order valence-electron chi connectivity index (χ0n) is 4.33. The molecule has 1 aliphatic rings. The molecule has 0 saturated heterocycles. The normalized spacial score (nSPS) is 19.5. The van der Waals surface area contributed by atoms with Gasteiger partial charge < -0.3 is 10.2 Å². The summed E-state index contributed by atoms with van der Waals surface area (Å²) in [6, 6.07) is 0. The van der Waals surface area contributed by atoms with Gasteiger partial charge in [0.1, 0.15) is 0 Å². The van der Waals surface area contributed by atoms with Gasteiger partial charge in [-0.1, -0.05) is 0 Å².